The molecule has 1 aromatic rings. The fourth-order valence-electron chi connectivity index (χ4n) is 3.21. The van der Waals surface area contributed by atoms with Crippen molar-refractivity contribution in [2.75, 3.05) is 14.2 Å². The number of hydrogen-bond donors (Lipinski definition) is 1. The monoisotopic (exact) mass is 325 g/mol. The highest BCUT2D eigenvalue weighted by molar-refractivity contribution is 9.10. The molecule has 0 heterocycles. The Morgan fingerprint density at radius 2 is 1.95 bits per heavy atom. The van der Waals surface area contributed by atoms with Gasteiger partial charge in [0.15, 0.2) is 0 Å². The second kappa shape index (κ2) is 6.76. The van der Waals surface area contributed by atoms with E-state index in [0.29, 0.717) is 12.0 Å². The van der Waals surface area contributed by atoms with Gasteiger partial charge in [-0.15, -0.1) is 0 Å². The van der Waals surface area contributed by atoms with Crippen LogP contribution in [-0.4, -0.2) is 14.2 Å². The minimum absolute atomic E-state index is 0.389. The van der Waals surface area contributed by atoms with Crippen molar-refractivity contribution in [3.8, 4) is 5.75 Å². The van der Waals surface area contributed by atoms with Crippen molar-refractivity contribution >= 4 is 15.9 Å². The average Bonchev–Trinajstić information content (AvgIpc) is 2.42. The Bertz CT molecular complexity index is 413. The smallest absolute Gasteiger partial charge is 0.123 e. The van der Waals surface area contributed by atoms with Crippen LogP contribution < -0.4 is 10.1 Å². The lowest BCUT2D eigenvalue weighted by molar-refractivity contribution is 0.234. The molecule has 1 aliphatic carbocycles. The van der Waals surface area contributed by atoms with Gasteiger partial charge in [-0.3, -0.25) is 0 Å². The molecule has 2 rings (SSSR count). The van der Waals surface area contributed by atoms with E-state index in [0.717, 1.165) is 16.1 Å². The second-order valence-corrected chi connectivity index (χ2v) is 6.59. The molecule has 0 amide bonds. The van der Waals surface area contributed by atoms with Crippen molar-refractivity contribution in [1.29, 1.82) is 0 Å². The van der Waals surface area contributed by atoms with Gasteiger partial charge < -0.3 is 10.1 Å². The number of rotatable bonds is 4. The van der Waals surface area contributed by atoms with Crippen LogP contribution in [0.2, 0.25) is 0 Å². The van der Waals surface area contributed by atoms with Crippen LogP contribution in [0.25, 0.3) is 0 Å². The first kappa shape index (κ1) is 14.9. The fourth-order valence-corrected chi connectivity index (χ4v) is 3.59. The molecular formula is C16H24BrNO. The van der Waals surface area contributed by atoms with Gasteiger partial charge in [-0.2, -0.15) is 0 Å². The highest BCUT2D eigenvalue weighted by Crippen LogP contribution is 2.40. The molecule has 106 valence electrons. The van der Waals surface area contributed by atoms with Crippen LogP contribution in [0.3, 0.4) is 0 Å². The maximum atomic E-state index is 5.53. The fraction of sp³-hybridized carbons (Fsp3) is 0.625. The minimum Gasteiger partial charge on any atom is -0.496 e. The molecule has 3 heteroatoms. The Kier molecular flexibility index (Phi) is 5.28. The summed E-state index contributed by atoms with van der Waals surface area (Å²) in [6, 6.07) is 6.67. The molecule has 1 fully saturated rings. The maximum Gasteiger partial charge on any atom is 0.123 e. The third kappa shape index (κ3) is 3.51. The third-order valence-corrected chi connectivity index (χ3v) is 4.86. The number of methoxy groups -OCH3 is 1. The van der Waals surface area contributed by atoms with Gasteiger partial charge in [0, 0.05) is 16.1 Å². The van der Waals surface area contributed by atoms with Gasteiger partial charge in [0.1, 0.15) is 5.75 Å². The van der Waals surface area contributed by atoms with Gasteiger partial charge >= 0.3 is 0 Å². The van der Waals surface area contributed by atoms with E-state index in [2.05, 4.69) is 47.4 Å². The minimum atomic E-state index is 0.389. The van der Waals surface area contributed by atoms with Crippen molar-refractivity contribution in [3.05, 3.63) is 28.2 Å². The number of hydrogen-bond acceptors (Lipinski definition) is 2. The summed E-state index contributed by atoms with van der Waals surface area (Å²) in [5, 5.41) is 3.50. The number of ether oxygens (including phenoxy) is 1. The van der Waals surface area contributed by atoms with Crippen molar-refractivity contribution in [2.45, 2.75) is 38.6 Å². The van der Waals surface area contributed by atoms with Crippen LogP contribution in [0.4, 0.5) is 0 Å². The van der Waals surface area contributed by atoms with E-state index in [1.807, 2.05) is 6.07 Å². The highest BCUT2D eigenvalue weighted by Gasteiger charge is 2.28. The van der Waals surface area contributed by atoms with Gasteiger partial charge in [-0.25, -0.2) is 0 Å². The SMILES string of the molecule is CNC(c1cc(Br)ccc1OC)C1CCC(C)CC1. The van der Waals surface area contributed by atoms with E-state index in [1.165, 1.54) is 31.2 Å². The molecule has 0 saturated heterocycles. The first-order valence-corrected chi connectivity index (χ1v) is 7.95. The first-order chi connectivity index (χ1) is 9.15. The van der Waals surface area contributed by atoms with E-state index in [4.69, 9.17) is 4.74 Å². The molecule has 1 N–H and O–H groups in total. The summed E-state index contributed by atoms with van der Waals surface area (Å²) in [4.78, 5) is 0. The van der Waals surface area contributed by atoms with Crippen LogP contribution >= 0.6 is 15.9 Å². The third-order valence-electron chi connectivity index (χ3n) is 4.37. The van der Waals surface area contributed by atoms with Crippen LogP contribution in [0.15, 0.2) is 22.7 Å². The van der Waals surface area contributed by atoms with E-state index in [-0.39, 0.29) is 0 Å². The van der Waals surface area contributed by atoms with Crippen molar-refractivity contribution in [2.24, 2.45) is 11.8 Å². The molecule has 0 radical (unpaired) electrons. The Labute approximate surface area is 125 Å². The Balaban J connectivity index is 2.23. The number of benzene rings is 1. The maximum absolute atomic E-state index is 5.53. The Morgan fingerprint density at radius 1 is 1.26 bits per heavy atom. The highest BCUT2D eigenvalue weighted by atomic mass is 79.9. The molecule has 1 atom stereocenters. The molecule has 0 bridgehead atoms. The molecule has 0 aliphatic heterocycles. The lowest BCUT2D eigenvalue weighted by Gasteiger charge is -2.33. The standard InChI is InChI=1S/C16H24BrNO/c1-11-4-6-12(7-5-11)16(18-2)14-10-13(17)8-9-15(14)19-3/h8-12,16,18H,4-7H2,1-3H3. The summed E-state index contributed by atoms with van der Waals surface area (Å²) in [5.74, 6) is 2.59. The quantitative estimate of drug-likeness (QED) is 0.877. The molecule has 19 heavy (non-hydrogen) atoms. The van der Waals surface area contributed by atoms with Gasteiger partial charge in [0.2, 0.25) is 0 Å². The number of halogens is 1. The van der Waals surface area contributed by atoms with Gasteiger partial charge in [-0.05, 0) is 49.9 Å². The summed E-state index contributed by atoms with van der Waals surface area (Å²) in [7, 11) is 3.81. The predicted octanol–water partition coefficient (Wildman–Crippen LogP) is 4.54. The first-order valence-electron chi connectivity index (χ1n) is 7.16. The zero-order valence-corrected chi connectivity index (χ0v) is 13.7. The summed E-state index contributed by atoms with van der Waals surface area (Å²) in [5.41, 5.74) is 1.28. The summed E-state index contributed by atoms with van der Waals surface area (Å²) in [6.07, 6.45) is 5.31. The molecule has 1 saturated carbocycles. The van der Waals surface area contributed by atoms with Crippen molar-refractivity contribution in [1.82, 2.24) is 5.32 Å². The van der Waals surface area contributed by atoms with Crippen LogP contribution in [0.1, 0.15) is 44.2 Å². The normalized spacial score (nSPS) is 25.1. The average molecular weight is 326 g/mol. The predicted molar refractivity (Wildman–Crippen MR) is 83.6 cm³/mol. The largest absolute Gasteiger partial charge is 0.496 e. The molecule has 0 spiro atoms. The van der Waals surface area contributed by atoms with Gasteiger partial charge in [0.05, 0.1) is 7.11 Å². The molecule has 1 aromatic carbocycles. The Hall–Kier alpha value is -0.540. The number of nitrogens with one attached hydrogen (secondary N) is 1. The Morgan fingerprint density at radius 3 is 2.53 bits per heavy atom. The van der Waals surface area contributed by atoms with E-state index in [9.17, 15) is 0 Å². The van der Waals surface area contributed by atoms with Crippen LogP contribution in [-0.2, 0) is 0 Å². The van der Waals surface area contributed by atoms with E-state index >= 15 is 0 Å². The summed E-state index contributed by atoms with van der Waals surface area (Å²) >= 11 is 3.57. The van der Waals surface area contributed by atoms with E-state index in [1.54, 1.807) is 7.11 Å². The van der Waals surface area contributed by atoms with Crippen molar-refractivity contribution in [3.63, 3.8) is 0 Å². The lowest BCUT2D eigenvalue weighted by atomic mass is 9.77. The van der Waals surface area contributed by atoms with E-state index < -0.39 is 0 Å². The van der Waals surface area contributed by atoms with Gasteiger partial charge in [0.25, 0.3) is 0 Å². The zero-order chi connectivity index (χ0) is 13.8. The second-order valence-electron chi connectivity index (χ2n) is 5.67. The summed E-state index contributed by atoms with van der Waals surface area (Å²) < 4.78 is 6.65. The molecule has 1 aliphatic rings. The molecular weight excluding hydrogens is 302 g/mol. The summed E-state index contributed by atoms with van der Waals surface area (Å²) in [6.45, 7) is 2.37. The molecule has 1 unspecified atom stereocenters. The molecule has 0 aromatic heterocycles. The lowest BCUT2D eigenvalue weighted by Crippen LogP contribution is -2.28. The van der Waals surface area contributed by atoms with Crippen LogP contribution in [0.5, 0.6) is 5.75 Å². The van der Waals surface area contributed by atoms with Crippen LogP contribution in [0, 0.1) is 11.8 Å². The molecule has 2 nitrogen and oxygen atoms in total. The zero-order valence-electron chi connectivity index (χ0n) is 12.1. The topological polar surface area (TPSA) is 21.3 Å². The van der Waals surface area contributed by atoms with Crippen molar-refractivity contribution < 1.29 is 4.74 Å². The van der Waals surface area contributed by atoms with Gasteiger partial charge in [-0.1, -0.05) is 35.7 Å².